The number of amides is 1. The standard InChI is InChI=1S/C23H32N4O5/c1-2-32-23(29)19-14-20(27(25-19)18-6-4-3-5-7-18)22(28)24-15-21(17-8-11-31-16-17)26-9-12-30-13-10-26/h3-7,17,20-21H,2,8-16H2,1H3,(H,24,28). The van der Waals surface area contributed by atoms with Gasteiger partial charge in [-0.15, -0.1) is 0 Å². The van der Waals surface area contributed by atoms with Gasteiger partial charge in [0, 0.05) is 44.6 Å². The normalized spacial score (nSPS) is 24.8. The van der Waals surface area contributed by atoms with E-state index >= 15 is 0 Å². The van der Waals surface area contributed by atoms with Gasteiger partial charge in [-0.25, -0.2) is 4.79 Å². The van der Waals surface area contributed by atoms with Crippen molar-refractivity contribution >= 4 is 23.3 Å². The fourth-order valence-electron chi connectivity index (χ4n) is 4.55. The molecule has 32 heavy (non-hydrogen) atoms. The Morgan fingerprint density at radius 3 is 2.66 bits per heavy atom. The van der Waals surface area contributed by atoms with Crippen LogP contribution in [0.3, 0.4) is 0 Å². The molecule has 1 N–H and O–H groups in total. The van der Waals surface area contributed by atoms with Gasteiger partial charge in [-0.3, -0.25) is 14.7 Å². The molecule has 3 heterocycles. The van der Waals surface area contributed by atoms with Gasteiger partial charge in [-0.05, 0) is 25.5 Å². The molecule has 9 heteroatoms. The van der Waals surface area contributed by atoms with Crippen molar-refractivity contribution in [2.75, 3.05) is 57.7 Å². The third-order valence-electron chi connectivity index (χ3n) is 6.25. The lowest BCUT2D eigenvalue weighted by molar-refractivity contribution is -0.135. The maximum absolute atomic E-state index is 13.3. The first-order valence-electron chi connectivity index (χ1n) is 11.4. The Morgan fingerprint density at radius 1 is 1.19 bits per heavy atom. The molecule has 0 aromatic heterocycles. The number of anilines is 1. The molecule has 0 saturated carbocycles. The number of benzene rings is 1. The van der Waals surface area contributed by atoms with Crippen molar-refractivity contribution < 1.29 is 23.8 Å². The number of hydrogen-bond acceptors (Lipinski definition) is 8. The van der Waals surface area contributed by atoms with Crippen molar-refractivity contribution in [3.63, 3.8) is 0 Å². The van der Waals surface area contributed by atoms with Crippen LogP contribution in [0.25, 0.3) is 0 Å². The summed E-state index contributed by atoms with van der Waals surface area (Å²) >= 11 is 0. The van der Waals surface area contributed by atoms with E-state index in [1.54, 1.807) is 11.9 Å². The highest BCUT2D eigenvalue weighted by Crippen LogP contribution is 2.26. The predicted molar refractivity (Wildman–Crippen MR) is 120 cm³/mol. The number of para-hydroxylation sites is 1. The molecule has 3 aliphatic heterocycles. The number of carbonyl (C=O) groups excluding carboxylic acids is 2. The van der Waals surface area contributed by atoms with E-state index in [4.69, 9.17) is 14.2 Å². The molecule has 2 fully saturated rings. The number of esters is 1. The molecular formula is C23H32N4O5. The van der Waals surface area contributed by atoms with Crippen LogP contribution in [0.5, 0.6) is 0 Å². The summed E-state index contributed by atoms with van der Waals surface area (Å²) in [5.74, 6) is -0.236. The van der Waals surface area contributed by atoms with Gasteiger partial charge in [-0.2, -0.15) is 5.10 Å². The highest BCUT2D eigenvalue weighted by molar-refractivity contribution is 6.38. The SMILES string of the molecule is CCOC(=O)C1=NN(c2ccccc2)C(C(=O)NCC(C2CCOC2)N2CCOCC2)C1. The molecule has 9 nitrogen and oxygen atoms in total. The molecule has 3 unspecified atom stereocenters. The molecule has 4 rings (SSSR count). The lowest BCUT2D eigenvalue weighted by Gasteiger charge is -2.37. The maximum atomic E-state index is 13.3. The number of ether oxygens (including phenoxy) is 3. The Bertz CT molecular complexity index is 806. The van der Waals surface area contributed by atoms with Crippen LogP contribution in [0, 0.1) is 5.92 Å². The summed E-state index contributed by atoms with van der Waals surface area (Å²) in [7, 11) is 0. The van der Waals surface area contributed by atoms with E-state index in [1.807, 2.05) is 30.3 Å². The summed E-state index contributed by atoms with van der Waals surface area (Å²) in [5.41, 5.74) is 1.03. The van der Waals surface area contributed by atoms with E-state index in [2.05, 4.69) is 15.3 Å². The molecule has 0 radical (unpaired) electrons. The van der Waals surface area contributed by atoms with E-state index < -0.39 is 12.0 Å². The monoisotopic (exact) mass is 444 g/mol. The Labute approximate surface area is 188 Å². The maximum Gasteiger partial charge on any atom is 0.354 e. The van der Waals surface area contributed by atoms with E-state index in [0.29, 0.717) is 32.3 Å². The molecule has 0 aliphatic carbocycles. The number of hydrogen-bond donors (Lipinski definition) is 1. The molecular weight excluding hydrogens is 412 g/mol. The van der Waals surface area contributed by atoms with E-state index in [0.717, 1.165) is 31.8 Å². The molecule has 1 aromatic carbocycles. The van der Waals surface area contributed by atoms with E-state index in [1.165, 1.54) is 0 Å². The number of rotatable bonds is 8. The van der Waals surface area contributed by atoms with Gasteiger partial charge >= 0.3 is 5.97 Å². The van der Waals surface area contributed by atoms with Crippen LogP contribution in [-0.2, 0) is 23.8 Å². The van der Waals surface area contributed by atoms with Gasteiger partial charge in [0.1, 0.15) is 11.8 Å². The lowest BCUT2D eigenvalue weighted by Crippen LogP contribution is -2.54. The Kier molecular flexibility index (Phi) is 7.72. The zero-order chi connectivity index (χ0) is 22.3. The first-order valence-corrected chi connectivity index (χ1v) is 11.4. The smallest absolute Gasteiger partial charge is 0.354 e. The quantitative estimate of drug-likeness (QED) is 0.599. The summed E-state index contributed by atoms with van der Waals surface area (Å²) in [6.07, 6.45) is 1.21. The Hall–Kier alpha value is -2.49. The number of hydrazone groups is 1. The summed E-state index contributed by atoms with van der Waals surface area (Å²) in [6, 6.07) is 9.04. The summed E-state index contributed by atoms with van der Waals surface area (Å²) in [5, 5.41) is 9.22. The topological polar surface area (TPSA) is 92.7 Å². The fourth-order valence-corrected chi connectivity index (χ4v) is 4.55. The second-order valence-corrected chi connectivity index (χ2v) is 8.25. The van der Waals surface area contributed by atoms with Crippen molar-refractivity contribution in [2.45, 2.75) is 31.8 Å². The highest BCUT2D eigenvalue weighted by Gasteiger charge is 2.38. The lowest BCUT2D eigenvalue weighted by atomic mass is 9.96. The first-order chi connectivity index (χ1) is 15.7. The van der Waals surface area contributed by atoms with Crippen LogP contribution in [0.15, 0.2) is 35.4 Å². The summed E-state index contributed by atoms with van der Waals surface area (Å²) in [4.78, 5) is 28.0. The summed E-state index contributed by atoms with van der Waals surface area (Å²) < 4.78 is 16.3. The third-order valence-corrected chi connectivity index (χ3v) is 6.25. The van der Waals surface area contributed by atoms with Gasteiger partial charge in [0.05, 0.1) is 32.1 Å². The van der Waals surface area contributed by atoms with Crippen molar-refractivity contribution in [1.82, 2.24) is 10.2 Å². The number of nitrogens with one attached hydrogen (secondary N) is 1. The minimum absolute atomic E-state index is 0.144. The highest BCUT2D eigenvalue weighted by atomic mass is 16.5. The molecule has 174 valence electrons. The van der Waals surface area contributed by atoms with Gasteiger partial charge < -0.3 is 19.5 Å². The molecule has 0 spiro atoms. The Balaban J connectivity index is 1.45. The van der Waals surface area contributed by atoms with Crippen LogP contribution in [0.4, 0.5) is 5.69 Å². The van der Waals surface area contributed by atoms with Gasteiger partial charge in [-0.1, -0.05) is 18.2 Å². The van der Waals surface area contributed by atoms with Crippen LogP contribution in [0.1, 0.15) is 19.8 Å². The van der Waals surface area contributed by atoms with Crippen molar-refractivity contribution in [1.29, 1.82) is 0 Å². The molecule has 3 aliphatic rings. The number of nitrogens with zero attached hydrogens (tertiary/aromatic N) is 3. The zero-order valence-electron chi connectivity index (χ0n) is 18.6. The minimum atomic E-state index is -0.595. The number of carbonyl (C=O) groups is 2. The van der Waals surface area contributed by atoms with Crippen molar-refractivity contribution in [2.24, 2.45) is 11.0 Å². The minimum Gasteiger partial charge on any atom is -0.461 e. The largest absolute Gasteiger partial charge is 0.461 e. The van der Waals surface area contributed by atoms with Gasteiger partial charge in [0.2, 0.25) is 5.91 Å². The van der Waals surface area contributed by atoms with Gasteiger partial charge in [0.15, 0.2) is 0 Å². The van der Waals surface area contributed by atoms with E-state index in [9.17, 15) is 9.59 Å². The number of morpholine rings is 1. The third kappa shape index (κ3) is 5.28. The molecule has 1 amide bonds. The molecule has 0 bridgehead atoms. The van der Waals surface area contributed by atoms with Crippen LogP contribution >= 0.6 is 0 Å². The predicted octanol–water partition coefficient (Wildman–Crippen LogP) is 1.04. The first kappa shape index (κ1) is 22.7. The average Bonchev–Trinajstić information content (AvgIpc) is 3.51. The fraction of sp³-hybridized carbons (Fsp3) is 0.609. The van der Waals surface area contributed by atoms with Crippen LogP contribution in [-0.4, -0.2) is 87.2 Å². The second kappa shape index (κ2) is 10.9. The van der Waals surface area contributed by atoms with Gasteiger partial charge in [0.25, 0.3) is 0 Å². The molecule has 1 aromatic rings. The van der Waals surface area contributed by atoms with Crippen LogP contribution < -0.4 is 10.3 Å². The summed E-state index contributed by atoms with van der Waals surface area (Å²) in [6.45, 7) is 7.16. The Morgan fingerprint density at radius 2 is 1.97 bits per heavy atom. The van der Waals surface area contributed by atoms with Crippen molar-refractivity contribution in [3.05, 3.63) is 30.3 Å². The van der Waals surface area contributed by atoms with E-state index in [-0.39, 0.29) is 30.7 Å². The average molecular weight is 445 g/mol. The molecule has 2 saturated heterocycles. The zero-order valence-corrected chi connectivity index (χ0v) is 18.6. The second-order valence-electron chi connectivity index (χ2n) is 8.25. The molecule has 3 atom stereocenters. The van der Waals surface area contributed by atoms with Crippen LogP contribution in [0.2, 0.25) is 0 Å². The van der Waals surface area contributed by atoms with Crippen molar-refractivity contribution in [3.8, 4) is 0 Å².